The number of alkyl halides is 3. The molecule has 0 atom stereocenters. The molecule has 3 N–H and O–H groups in total. The van der Waals surface area contributed by atoms with Gasteiger partial charge >= 0.3 is 6.18 Å². The Morgan fingerprint density at radius 2 is 1.95 bits per heavy atom. The number of benzene rings is 1. The van der Waals surface area contributed by atoms with E-state index in [0.717, 1.165) is 12.4 Å². The molecule has 2 rings (SSSR count). The molecule has 2 aromatic rings. The predicted molar refractivity (Wildman–Crippen MR) is 67.7 cm³/mol. The van der Waals surface area contributed by atoms with Gasteiger partial charge in [0.05, 0.1) is 12.7 Å². The first-order valence-corrected chi connectivity index (χ1v) is 5.61. The second kappa shape index (κ2) is 5.43. The second-order valence-corrected chi connectivity index (χ2v) is 3.96. The van der Waals surface area contributed by atoms with Crippen molar-refractivity contribution in [2.24, 2.45) is 0 Å². The molecular formula is C12H10F4N4O. The number of hydrogen-bond acceptors (Lipinski definition) is 5. The van der Waals surface area contributed by atoms with E-state index in [4.69, 9.17) is 10.5 Å². The molecule has 0 aliphatic heterocycles. The van der Waals surface area contributed by atoms with Crippen LogP contribution < -0.4 is 15.8 Å². The highest BCUT2D eigenvalue weighted by molar-refractivity contribution is 5.72. The molecule has 0 spiro atoms. The molecule has 0 radical (unpaired) electrons. The molecule has 5 nitrogen and oxygen atoms in total. The highest BCUT2D eigenvalue weighted by Crippen LogP contribution is 2.34. The number of nitrogen functional groups attached to an aromatic ring is 1. The first-order chi connectivity index (χ1) is 9.82. The fraction of sp³-hybridized carbons (Fsp3) is 0.167. The second-order valence-electron chi connectivity index (χ2n) is 3.96. The van der Waals surface area contributed by atoms with Crippen molar-refractivity contribution < 1.29 is 22.3 Å². The smallest absolute Gasteiger partial charge is 0.419 e. The van der Waals surface area contributed by atoms with Gasteiger partial charge in [-0.15, -0.1) is 0 Å². The summed E-state index contributed by atoms with van der Waals surface area (Å²) in [7, 11) is 1.34. The van der Waals surface area contributed by atoms with Crippen LogP contribution in [-0.2, 0) is 6.18 Å². The summed E-state index contributed by atoms with van der Waals surface area (Å²) in [6.07, 6.45) is -3.66. The summed E-state index contributed by atoms with van der Waals surface area (Å²) in [6.45, 7) is 0. The summed E-state index contributed by atoms with van der Waals surface area (Å²) in [5, 5.41) is 2.56. The van der Waals surface area contributed by atoms with E-state index < -0.39 is 17.6 Å². The van der Waals surface area contributed by atoms with E-state index in [2.05, 4.69) is 15.3 Å². The van der Waals surface area contributed by atoms with Crippen LogP contribution in [0.25, 0.3) is 0 Å². The van der Waals surface area contributed by atoms with Crippen molar-refractivity contribution in [1.82, 2.24) is 9.97 Å². The largest absolute Gasteiger partial charge is 0.479 e. The standard InChI is InChI=1S/C12H10F4N4O/c1-21-11-9(17)10(18-5-19-11)20-6-2-3-8(13)7(4-6)12(14,15)16/h2-5H,17H2,1H3,(H,18,19,20). The van der Waals surface area contributed by atoms with Crippen LogP contribution in [0.1, 0.15) is 5.56 Å². The monoisotopic (exact) mass is 302 g/mol. The van der Waals surface area contributed by atoms with Crippen molar-refractivity contribution in [2.45, 2.75) is 6.18 Å². The Kier molecular flexibility index (Phi) is 3.83. The average Bonchev–Trinajstić information content (AvgIpc) is 2.42. The Labute approximate surface area is 116 Å². The molecule has 0 fully saturated rings. The van der Waals surface area contributed by atoms with Gasteiger partial charge in [-0.3, -0.25) is 0 Å². The average molecular weight is 302 g/mol. The summed E-state index contributed by atoms with van der Waals surface area (Å²) in [6, 6.07) is 2.47. The number of methoxy groups -OCH3 is 1. The lowest BCUT2D eigenvalue weighted by molar-refractivity contribution is -0.139. The zero-order valence-corrected chi connectivity index (χ0v) is 10.7. The topological polar surface area (TPSA) is 73.1 Å². The Morgan fingerprint density at radius 3 is 2.57 bits per heavy atom. The Bertz CT molecular complexity index is 660. The molecule has 0 unspecified atom stereocenters. The number of rotatable bonds is 3. The third-order valence-electron chi connectivity index (χ3n) is 2.58. The number of nitrogens with two attached hydrogens (primary N) is 1. The molecule has 0 aliphatic carbocycles. The molecule has 0 amide bonds. The summed E-state index contributed by atoms with van der Waals surface area (Å²) < 4.78 is 55.9. The molecule has 0 bridgehead atoms. The van der Waals surface area contributed by atoms with Gasteiger partial charge in [-0.1, -0.05) is 0 Å². The van der Waals surface area contributed by atoms with E-state index in [-0.39, 0.29) is 23.1 Å². The summed E-state index contributed by atoms with van der Waals surface area (Å²) in [4.78, 5) is 7.53. The van der Waals surface area contributed by atoms with Gasteiger partial charge in [0.25, 0.3) is 0 Å². The van der Waals surface area contributed by atoms with Crippen LogP contribution in [0, 0.1) is 5.82 Å². The van der Waals surface area contributed by atoms with Crippen LogP contribution in [0.3, 0.4) is 0 Å². The fourth-order valence-corrected chi connectivity index (χ4v) is 1.60. The van der Waals surface area contributed by atoms with Crippen LogP contribution in [0.5, 0.6) is 5.88 Å². The van der Waals surface area contributed by atoms with Crippen LogP contribution in [0.2, 0.25) is 0 Å². The molecule has 0 saturated carbocycles. The molecule has 21 heavy (non-hydrogen) atoms. The van der Waals surface area contributed by atoms with Gasteiger partial charge < -0.3 is 15.8 Å². The number of anilines is 3. The summed E-state index contributed by atoms with van der Waals surface area (Å²) in [5.74, 6) is -1.23. The van der Waals surface area contributed by atoms with Gasteiger partial charge in [-0.2, -0.15) is 18.2 Å². The van der Waals surface area contributed by atoms with Gasteiger partial charge in [-0.05, 0) is 18.2 Å². The molecule has 1 aromatic heterocycles. The van der Waals surface area contributed by atoms with E-state index in [1.807, 2.05) is 0 Å². The van der Waals surface area contributed by atoms with Crippen molar-refractivity contribution in [3.05, 3.63) is 35.9 Å². The van der Waals surface area contributed by atoms with E-state index >= 15 is 0 Å². The number of aromatic nitrogens is 2. The van der Waals surface area contributed by atoms with Gasteiger partial charge in [0.2, 0.25) is 5.88 Å². The number of ether oxygens (including phenoxy) is 1. The van der Waals surface area contributed by atoms with Crippen molar-refractivity contribution in [1.29, 1.82) is 0 Å². The van der Waals surface area contributed by atoms with Gasteiger partial charge in [0.1, 0.15) is 17.8 Å². The van der Waals surface area contributed by atoms with Gasteiger partial charge in [0, 0.05) is 5.69 Å². The van der Waals surface area contributed by atoms with Gasteiger partial charge in [0.15, 0.2) is 5.82 Å². The van der Waals surface area contributed by atoms with Crippen LogP contribution in [0.15, 0.2) is 24.5 Å². The van der Waals surface area contributed by atoms with Gasteiger partial charge in [-0.25, -0.2) is 9.37 Å². The van der Waals surface area contributed by atoms with Crippen molar-refractivity contribution >= 4 is 17.2 Å². The molecule has 1 aromatic carbocycles. The zero-order valence-electron chi connectivity index (χ0n) is 10.7. The fourth-order valence-electron chi connectivity index (χ4n) is 1.60. The first kappa shape index (κ1) is 14.8. The quantitative estimate of drug-likeness (QED) is 0.853. The Balaban J connectivity index is 2.37. The van der Waals surface area contributed by atoms with Crippen LogP contribution >= 0.6 is 0 Å². The SMILES string of the molecule is COc1ncnc(Nc2ccc(F)c(C(F)(F)F)c2)c1N. The minimum Gasteiger partial charge on any atom is -0.479 e. The molecule has 0 aliphatic rings. The predicted octanol–water partition coefficient (Wildman–Crippen LogP) is 2.97. The highest BCUT2D eigenvalue weighted by atomic mass is 19.4. The van der Waals surface area contributed by atoms with Crippen molar-refractivity contribution in [3.8, 4) is 5.88 Å². The minimum absolute atomic E-state index is 0.0174. The lowest BCUT2D eigenvalue weighted by atomic mass is 10.2. The molecule has 9 heteroatoms. The zero-order chi connectivity index (χ0) is 15.6. The first-order valence-electron chi connectivity index (χ1n) is 5.61. The number of halogens is 4. The van der Waals surface area contributed by atoms with Crippen LogP contribution in [-0.4, -0.2) is 17.1 Å². The minimum atomic E-state index is -4.79. The van der Waals surface area contributed by atoms with Crippen molar-refractivity contribution in [3.63, 3.8) is 0 Å². The van der Waals surface area contributed by atoms with E-state index in [9.17, 15) is 17.6 Å². The highest BCUT2D eigenvalue weighted by Gasteiger charge is 2.34. The Hall–Kier alpha value is -2.58. The van der Waals surface area contributed by atoms with Crippen LogP contribution in [0.4, 0.5) is 34.8 Å². The number of nitrogens with zero attached hydrogens (tertiary/aromatic N) is 2. The van der Waals surface area contributed by atoms with E-state index in [1.165, 1.54) is 7.11 Å². The number of nitrogens with one attached hydrogen (secondary N) is 1. The normalized spacial score (nSPS) is 11.3. The van der Waals surface area contributed by atoms with E-state index in [0.29, 0.717) is 12.1 Å². The number of hydrogen-bond donors (Lipinski definition) is 2. The third-order valence-corrected chi connectivity index (χ3v) is 2.58. The molecular weight excluding hydrogens is 292 g/mol. The molecule has 0 saturated heterocycles. The maximum absolute atomic E-state index is 13.2. The summed E-state index contributed by atoms with van der Waals surface area (Å²) in [5.41, 5.74) is 4.31. The maximum atomic E-state index is 13.2. The molecule has 1 heterocycles. The van der Waals surface area contributed by atoms with E-state index in [1.54, 1.807) is 0 Å². The van der Waals surface area contributed by atoms with Crippen molar-refractivity contribution in [2.75, 3.05) is 18.2 Å². The maximum Gasteiger partial charge on any atom is 0.419 e. The lowest BCUT2D eigenvalue weighted by Crippen LogP contribution is -2.09. The Morgan fingerprint density at radius 1 is 1.24 bits per heavy atom. The third kappa shape index (κ3) is 3.12. The molecule has 112 valence electrons. The summed E-state index contributed by atoms with van der Waals surface area (Å²) >= 11 is 0. The lowest BCUT2D eigenvalue weighted by Gasteiger charge is -2.13.